The van der Waals surface area contributed by atoms with Gasteiger partial charge in [-0.1, -0.05) is 36.4 Å². The van der Waals surface area contributed by atoms with Gasteiger partial charge in [-0.15, -0.1) is 0 Å². The third-order valence-electron chi connectivity index (χ3n) is 8.51. The van der Waals surface area contributed by atoms with Gasteiger partial charge in [0.15, 0.2) is 0 Å². The van der Waals surface area contributed by atoms with E-state index in [0.29, 0.717) is 36.4 Å². The number of nitrogens with one attached hydrogen (secondary N) is 1. The number of hydrogen-bond acceptors (Lipinski definition) is 5. The molecular weight excluding hydrogens is 528 g/mol. The minimum Gasteiger partial charge on any atom is -0.489 e. The zero-order valence-corrected chi connectivity index (χ0v) is 22.7. The zero-order valence-electron chi connectivity index (χ0n) is 22.7. The van der Waals surface area contributed by atoms with Crippen LogP contribution in [0.4, 0.5) is 8.78 Å². The maximum atomic E-state index is 14.2. The average molecular weight is 562 g/mol. The van der Waals surface area contributed by atoms with Crippen LogP contribution in [0.25, 0.3) is 0 Å². The number of hydrogen-bond donors (Lipinski definition) is 2. The van der Waals surface area contributed by atoms with E-state index in [9.17, 15) is 23.5 Å². The number of aliphatic hydroxyl groups is 1. The minimum absolute atomic E-state index is 0.113. The molecule has 2 N–H and O–H groups in total. The fraction of sp³-hybridized carbons (Fsp3) is 0.375. The number of aliphatic hydroxyl groups excluding tert-OH is 1. The normalized spacial score (nSPS) is 21.6. The van der Waals surface area contributed by atoms with Gasteiger partial charge in [0, 0.05) is 30.2 Å². The van der Waals surface area contributed by atoms with Crippen molar-refractivity contribution in [3.8, 4) is 5.75 Å². The summed E-state index contributed by atoms with van der Waals surface area (Å²) in [5.41, 5.74) is 4.15. The molecule has 2 atom stereocenters. The van der Waals surface area contributed by atoms with E-state index in [1.807, 2.05) is 18.2 Å². The second-order valence-corrected chi connectivity index (χ2v) is 11.2. The van der Waals surface area contributed by atoms with E-state index in [1.54, 1.807) is 23.1 Å². The smallest absolute Gasteiger partial charge is 0.255 e. The predicted molar refractivity (Wildman–Crippen MR) is 148 cm³/mol. The molecule has 7 nitrogen and oxygen atoms in total. The maximum Gasteiger partial charge on any atom is 0.255 e. The second-order valence-electron chi connectivity index (χ2n) is 11.2. The first-order chi connectivity index (χ1) is 19.9. The van der Waals surface area contributed by atoms with E-state index in [1.165, 1.54) is 11.6 Å². The van der Waals surface area contributed by atoms with E-state index >= 15 is 0 Å². The van der Waals surface area contributed by atoms with Gasteiger partial charge in [0.2, 0.25) is 5.91 Å². The van der Waals surface area contributed by atoms with Crippen molar-refractivity contribution < 1.29 is 28.2 Å². The Morgan fingerprint density at radius 3 is 2.44 bits per heavy atom. The highest BCUT2D eigenvalue weighted by atomic mass is 19.1. The van der Waals surface area contributed by atoms with Gasteiger partial charge in [-0.3, -0.25) is 14.5 Å². The van der Waals surface area contributed by atoms with Crippen LogP contribution >= 0.6 is 0 Å². The van der Waals surface area contributed by atoms with Crippen LogP contribution in [0, 0.1) is 11.6 Å². The van der Waals surface area contributed by atoms with Crippen LogP contribution in [0.3, 0.4) is 0 Å². The number of carbonyl (C=O) groups excluding carboxylic acids is 2. The highest BCUT2D eigenvalue weighted by Crippen LogP contribution is 2.35. The number of likely N-dealkylation sites (tertiary alicyclic amines) is 1. The van der Waals surface area contributed by atoms with Crippen molar-refractivity contribution >= 4 is 11.8 Å². The number of fused-ring (bicyclic) bond motifs is 1. The number of benzene rings is 3. The van der Waals surface area contributed by atoms with Gasteiger partial charge < -0.3 is 20.1 Å². The molecule has 3 aliphatic heterocycles. The topological polar surface area (TPSA) is 82.1 Å². The largest absolute Gasteiger partial charge is 0.489 e. The van der Waals surface area contributed by atoms with E-state index < -0.39 is 23.9 Å². The molecule has 3 aromatic carbocycles. The lowest BCUT2D eigenvalue weighted by Crippen LogP contribution is -2.55. The molecule has 0 aliphatic carbocycles. The van der Waals surface area contributed by atoms with Gasteiger partial charge in [-0.05, 0) is 73.2 Å². The predicted octanol–water partition coefficient (Wildman–Crippen LogP) is 4.48. The fourth-order valence-electron chi connectivity index (χ4n) is 6.22. The fourth-order valence-corrected chi connectivity index (χ4v) is 6.22. The molecular formula is C32H33F2N3O4. The van der Waals surface area contributed by atoms with Gasteiger partial charge in [0.1, 0.15) is 30.2 Å². The number of ether oxygens (including phenoxy) is 1. The first-order valence-corrected chi connectivity index (χ1v) is 14.1. The Morgan fingerprint density at radius 1 is 0.951 bits per heavy atom. The molecule has 0 spiro atoms. The highest BCUT2D eigenvalue weighted by molar-refractivity contribution is 5.99. The zero-order chi connectivity index (χ0) is 28.5. The highest BCUT2D eigenvalue weighted by Gasteiger charge is 2.40. The molecule has 6 rings (SSSR count). The van der Waals surface area contributed by atoms with Crippen LogP contribution in [-0.4, -0.2) is 52.1 Å². The number of piperidine rings is 2. The van der Waals surface area contributed by atoms with Crippen molar-refractivity contribution in [3.63, 3.8) is 0 Å². The van der Waals surface area contributed by atoms with Crippen LogP contribution in [0.5, 0.6) is 5.75 Å². The van der Waals surface area contributed by atoms with Gasteiger partial charge in [0.25, 0.3) is 5.91 Å². The van der Waals surface area contributed by atoms with Crippen LogP contribution in [0.1, 0.15) is 64.2 Å². The lowest BCUT2D eigenvalue weighted by molar-refractivity contribution is -0.129. The van der Waals surface area contributed by atoms with Crippen molar-refractivity contribution in [1.29, 1.82) is 0 Å². The summed E-state index contributed by atoms with van der Waals surface area (Å²) >= 11 is 0. The van der Waals surface area contributed by atoms with Crippen LogP contribution in [0.15, 0.2) is 60.7 Å². The van der Waals surface area contributed by atoms with Crippen molar-refractivity contribution in [3.05, 3.63) is 100 Å². The molecule has 0 aromatic heterocycles. The standard InChI is InChI=1S/C32H33F2N3O4/c33-23-8-9-24(27(34)16-23)22-12-14-36(15-13-22)17-20-4-6-21(7-5-20)19-41-29-3-1-2-25-26(29)18-37(32(25)40)28-10-11-30(38)35-31(28)39/h1-9,16,22,28,31,39H,10-15,17-19H2,(H,35,38)/t28-,31?/m0/s1. The third kappa shape index (κ3) is 5.83. The number of carbonyl (C=O) groups is 2. The number of halogens is 2. The lowest BCUT2D eigenvalue weighted by Gasteiger charge is -2.35. The molecule has 214 valence electrons. The van der Waals surface area contributed by atoms with E-state index in [0.717, 1.165) is 49.7 Å². The van der Waals surface area contributed by atoms with Gasteiger partial charge in [-0.25, -0.2) is 8.78 Å². The summed E-state index contributed by atoms with van der Waals surface area (Å²) in [5, 5.41) is 12.9. The Kier molecular flexibility index (Phi) is 7.73. The quantitative estimate of drug-likeness (QED) is 0.445. The Balaban J connectivity index is 1.02. The van der Waals surface area contributed by atoms with E-state index in [4.69, 9.17) is 4.74 Å². The molecule has 41 heavy (non-hydrogen) atoms. The number of rotatable bonds is 7. The minimum atomic E-state index is -1.08. The van der Waals surface area contributed by atoms with Crippen molar-refractivity contribution in [1.82, 2.24) is 15.1 Å². The van der Waals surface area contributed by atoms with Crippen molar-refractivity contribution in [2.24, 2.45) is 0 Å². The monoisotopic (exact) mass is 561 g/mol. The molecule has 2 fully saturated rings. The number of nitrogens with zero attached hydrogens (tertiary/aromatic N) is 2. The lowest BCUT2D eigenvalue weighted by atomic mass is 9.89. The molecule has 9 heteroatoms. The molecule has 3 heterocycles. The summed E-state index contributed by atoms with van der Waals surface area (Å²) in [6, 6.07) is 17.1. The molecule has 0 radical (unpaired) electrons. The molecule has 0 bridgehead atoms. The first kappa shape index (κ1) is 27.4. The van der Waals surface area contributed by atoms with Gasteiger partial charge >= 0.3 is 0 Å². The summed E-state index contributed by atoms with van der Waals surface area (Å²) in [6.45, 7) is 3.18. The number of amides is 2. The van der Waals surface area contributed by atoms with E-state index in [2.05, 4.69) is 22.3 Å². The summed E-state index contributed by atoms with van der Waals surface area (Å²) in [4.78, 5) is 28.6. The Morgan fingerprint density at radius 2 is 1.71 bits per heavy atom. The van der Waals surface area contributed by atoms with Crippen molar-refractivity contribution in [2.75, 3.05) is 13.1 Å². The van der Waals surface area contributed by atoms with Gasteiger partial charge in [-0.2, -0.15) is 0 Å². The SMILES string of the molecule is O=C1CC[C@H](N2Cc3c(OCc4ccc(CN5CCC(c6ccc(F)cc6F)CC5)cc4)cccc3C2=O)C(O)N1. The molecule has 0 saturated carbocycles. The van der Waals surface area contributed by atoms with Crippen LogP contribution in [-0.2, 0) is 24.5 Å². The maximum absolute atomic E-state index is 14.2. The molecule has 1 unspecified atom stereocenters. The summed E-state index contributed by atoms with van der Waals surface area (Å²) in [6.07, 6.45) is 1.28. The molecule has 3 aromatic rings. The molecule has 2 saturated heterocycles. The van der Waals surface area contributed by atoms with Crippen LogP contribution in [0.2, 0.25) is 0 Å². The summed E-state index contributed by atoms with van der Waals surface area (Å²) < 4.78 is 33.6. The Labute approximate surface area is 237 Å². The first-order valence-electron chi connectivity index (χ1n) is 14.1. The Hall–Kier alpha value is -3.82. The summed E-state index contributed by atoms with van der Waals surface area (Å²) in [5.74, 6) is -0.625. The van der Waals surface area contributed by atoms with Gasteiger partial charge in [0.05, 0.1) is 12.6 Å². The molecule has 2 amide bonds. The molecule has 3 aliphatic rings. The third-order valence-corrected chi connectivity index (χ3v) is 8.51. The Bertz CT molecular complexity index is 1440. The van der Waals surface area contributed by atoms with E-state index in [-0.39, 0.29) is 24.2 Å². The van der Waals surface area contributed by atoms with Crippen LogP contribution < -0.4 is 10.1 Å². The van der Waals surface area contributed by atoms with Crippen molar-refractivity contribution in [2.45, 2.75) is 63.6 Å². The second kappa shape index (κ2) is 11.6. The summed E-state index contributed by atoms with van der Waals surface area (Å²) in [7, 11) is 0. The average Bonchev–Trinajstić information content (AvgIpc) is 3.30.